The summed E-state index contributed by atoms with van der Waals surface area (Å²) in [6.07, 6.45) is 0. The van der Waals surface area contributed by atoms with E-state index in [0.29, 0.717) is 5.30 Å². The molecule has 0 spiro atoms. The van der Waals surface area contributed by atoms with Crippen LogP contribution in [0.1, 0.15) is 0 Å². The third-order valence-electron chi connectivity index (χ3n) is 1.86. The average molecular weight is 248 g/mol. The van der Waals surface area contributed by atoms with Crippen molar-refractivity contribution in [2.75, 3.05) is 19.1 Å². The predicted octanol–water partition coefficient (Wildman–Crippen LogP) is 0.164. The van der Waals surface area contributed by atoms with Crippen LogP contribution in [0.25, 0.3) is 0 Å². The van der Waals surface area contributed by atoms with E-state index in [4.69, 9.17) is 10.9 Å². The third-order valence-corrected chi connectivity index (χ3v) is 4.26. The van der Waals surface area contributed by atoms with Crippen molar-refractivity contribution in [1.29, 1.82) is 0 Å². The van der Waals surface area contributed by atoms with Crippen molar-refractivity contribution in [3.63, 3.8) is 0 Å². The van der Waals surface area contributed by atoms with Gasteiger partial charge in [-0.05, 0) is 31.5 Å². The lowest BCUT2D eigenvalue weighted by molar-refractivity contribution is 0.588. The highest BCUT2D eigenvalue weighted by Gasteiger charge is 2.16. The average Bonchev–Trinajstić information content (AvgIpc) is 1.99. The summed E-state index contributed by atoms with van der Waals surface area (Å²) < 4.78 is 34.0. The Balaban J connectivity index is 3.50. The molecule has 1 aromatic rings. The Hall–Kier alpha value is -0.840. The maximum absolute atomic E-state index is 11.8. The van der Waals surface area contributed by atoms with Crippen molar-refractivity contribution in [2.24, 2.45) is 5.14 Å². The zero-order valence-electron chi connectivity index (χ0n) is 8.47. The number of nitrogens with two attached hydrogens (primary N) is 2. The van der Waals surface area contributed by atoms with Gasteiger partial charge in [-0.25, -0.2) is 13.6 Å². The first-order chi connectivity index (χ1) is 6.60. The fraction of sp³-hybridized carbons (Fsp3) is 0.250. The van der Waals surface area contributed by atoms with Crippen LogP contribution in [0.4, 0.5) is 5.69 Å². The zero-order chi connectivity index (χ0) is 11.9. The van der Waals surface area contributed by atoms with Gasteiger partial charge in [0.25, 0.3) is 0 Å². The maximum Gasteiger partial charge on any atom is 0.238 e. The van der Waals surface area contributed by atoms with Gasteiger partial charge in [0.1, 0.15) is 7.14 Å². The number of hydrogen-bond donors (Lipinski definition) is 2. The zero-order valence-corrected chi connectivity index (χ0v) is 10.2. The van der Waals surface area contributed by atoms with Crippen molar-refractivity contribution < 1.29 is 13.0 Å². The SMILES string of the molecule is CP(C)(=O)c1cc(N)cc(S(N)(=O)=O)c1. The van der Waals surface area contributed by atoms with Gasteiger partial charge < -0.3 is 10.3 Å². The van der Waals surface area contributed by atoms with E-state index in [1.807, 2.05) is 0 Å². The first-order valence-electron chi connectivity index (χ1n) is 4.09. The Labute approximate surface area is 88.9 Å². The minimum absolute atomic E-state index is 0.110. The van der Waals surface area contributed by atoms with Crippen molar-refractivity contribution in [2.45, 2.75) is 4.90 Å². The number of hydrogen-bond acceptors (Lipinski definition) is 4. The second kappa shape index (κ2) is 3.63. The minimum Gasteiger partial charge on any atom is -0.399 e. The summed E-state index contributed by atoms with van der Waals surface area (Å²) >= 11 is 0. The van der Waals surface area contributed by atoms with E-state index in [0.717, 1.165) is 0 Å². The first-order valence-corrected chi connectivity index (χ1v) is 8.24. The largest absolute Gasteiger partial charge is 0.399 e. The van der Waals surface area contributed by atoms with Crippen LogP contribution in [-0.2, 0) is 14.6 Å². The molecule has 0 fully saturated rings. The molecule has 84 valence electrons. The minimum atomic E-state index is -3.81. The molecule has 15 heavy (non-hydrogen) atoms. The Morgan fingerprint density at radius 3 is 2.13 bits per heavy atom. The summed E-state index contributed by atoms with van der Waals surface area (Å²) in [4.78, 5) is -0.110. The molecule has 0 aliphatic rings. The lowest BCUT2D eigenvalue weighted by Gasteiger charge is -2.09. The van der Waals surface area contributed by atoms with Gasteiger partial charge in [-0.15, -0.1) is 0 Å². The second-order valence-electron chi connectivity index (χ2n) is 3.66. The van der Waals surface area contributed by atoms with E-state index in [1.165, 1.54) is 31.5 Å². The molecule has 0 aliphatic carbocycles. The summed E-state index contributed by atoms with van der Waals surface area (Å²) in [5, 5.41) is 5.37. The van der Waals surface area contributed by atoms with Gasteiger partial charge in [-0.3, -0.25) is 0 Å². The molecular weight excluding hydrogens is 235 g/mol. The lowest BCUT2D eigenvalue weighted by atomic mass is 10.3. The van der Waals surface area contributed by atoms with Crippen molar-refractivity contribution in [3.8, 4) is 0 Å². The van der Waals surface area contributed by atoms with Crippen LogP contribution in [0.2, 0.25) is 0 Å². The first kappa shape index (κ1) is 12.2. The second-order valence-corrected chi connectivity index (χ2v) is 8.44. The quantitative estimate of drug-likeness (QED) is 0.574. The van der Waals surface area contributed by atoms with Gasteiger partial charge >= 0.3 is 0 Å². The third kappa shape index (κ3) is 3.06. The van der Waals surface area contributed by atoms with Crippen molar-refractivity contribution >= 4 is 28.2 Å². The van der Waals surface area contributed by atoms with Crippen LogP contribution in [-0.4, -0.2) is 21.7 Å². The van der Waals surface area contributed by atoms with Gasteiger partial charge in [0.05, 0.1) is 4.90 Å². The summed E-state index contributed by atoms with van der Waals surface area (Å²) in [6.45, 7) is 3.07. The molecule has 0 amide bonds. The van der Waals surface area contributed by atoms with Crippen LogP contribution in [0.15, 0.2) is 23.1 Å². The van der Waals surface area contributed by atoms with Crippen LogP contribution in [0, 0.1) is 0 Å². The molecule has 0 bridgehead atoms. The van der Waals surface area contributed by atoms with Gasteiger partial charge in [0, 0.05) is 11.0 Å². The van der Waals surface area contributed by atoms with Crippen LogP contribution < -0.4 is 16.2 Å². The fourth-order valence-electron chi connectivity index (χ4n) is 1.08. The summed E-state index contributed by atoms with van der Waals surface area (Å²) in [5.74, 6) is 0. The molecule has 0 saturated carbocycles. The van der Waals surface area contributed by atoms with Crippen molar-refractivity contribution in [3.05, 3.63) is 18.2 Å². The fourth-order valence-corrected chi connectivity index (χ4v) is 2.67. The highest BCUT2D eigenvalue weighted by molar-refractivity contribution is 7.89. The predicted molar refractivity (Wildman–Crippen MR) is 61.3 cm³/mol. The number of benzene rings is 1. The molecule has 4 N–H and O–H groups in total. The highest BCUT2D eigenvalue weighted by atomic mass is 32.2. The molecule has 0 saturated heterocycles. The Bertz CT molecular complexity index is 533. The number of anilines is 1. The van der Waals surface area contributed by atoms with Crippen molar-refractivity contribution in [1.82, 2.24) is 0 Å². The monoisotopic (exact) mass is 248 g/mol. The highest BCUT2D eigenvalue weighted by Crippen LogP contribution is 2.35. The molecule has 0 radical (unpaired) electrons. The van der Waals surface area contributed by atoms with Gasteiger partial charge in [-0.2, -0.15) is 0 Å². The molecule has 1 rings (SSSR count). The molecule has 0 unspecified atom stereocenters. The molecule has 0 atom stereocenters. The smallest absolute Gasteiger partial charge is 0.238 e. The molecular formula is C8H13N2O3PS. The summed E-state index contributed by atoms with van der Waals surface area (Å²) in [5.41, 5.74) is 5.75. The normalized spacial score (nSPS) is 12.7. The number of rotatable bonds is 2. The number of primary sulfonamides is 1. The molecule has 0 aromatic heterocycles. The summed E-state index contributed by atoms with van der Waals surface area (Å²) in [6, 6.07) is 4.04. The number of nitrogen functional groups attached to an aromatic ring is 1. The molecule has 7 heteroatoms. The van der Waals surface area contributed by atoms with Gasteiger partial charge in [-0.1, -0.05) is 0 Å². The molecule has 0 aliphatic heterocycles. The topological polar surface area (TPSA) is 103 Å². The van der Waals surface area contributed by atoms with Crippen LogP contribution >= 0.6 is 7.14 Å². The van der Waals surface area contributed by atoms with E-state index in [1.54, 1.807) is 0 Å². The summed E-state index contributed by atoms with van der Waals surface area (Å²) in [7, 11) is -6.35. The van der Waals surface area contributed by atoms with E-state index in [-0.39, 0.29) is 10.6 Å². The van der Waals surface area contributed by atoms with Crippen LogP contribution in [0.5, 0.6) is 0 Å². The standard InChI is InChI=1S/C8H13N2O3PS/c1-14(2,11)7-3-6(9)4-8(5-7)15(10,12)13/h3-5H,9H2,1-2H3,(H2,10,12,13). The Kier molecular flexibility index (Phi) is 2.96. The Morgan fingerprint density at radius 2 is 1.73 bits per heavy atom. The Morgan fingerprint density at radius 1 is 1.20 bits per heavy atom. The lowest BCUT2D eigenvalue weighted by Crippen LogP contribution is -2.16. The molecule has 1 aromatic carbocycles. The molecule has 5 nitrogen and oxygen atoms in total. The van der Waals surface area contributed by atoms with Gasteiger partial charge in [0.15, 0.2) is 0 Å². The number of sulfonamides is 1. The molecule has 0 heterocycles. The van der Waals surface area contributed by atoms with E-state index in [2.05, 4.69) is 0 Å². The maximum atomic E-state index is 11.8. The van der Waals surface area contributed by atoms with E-state index >= 15 is 0 Å². The van der Waals surface area contributed by atoms with Crippen LogP contribution in [0.3, 0.4) is 0 Å². The van der Waals surface area contributed by atoms with E-state index in [9.17, 15) is 13.0 Å². The van der Waals surface area contributed by atoms with Gasteiger partial charge in [0.2, 0.25) is 10.0 Å². The van der Waals surface area contributed by atoms with E-state index < -0.39 is 17.2 Å².